The van der Waals surface area contributed by atoms with Crippen LogP contribution in [-0.4, -0.2) is 38.3 Å². The van der Waals surface area contributed by atoms with E-state index in [1.165, 1.54) is 0 Å². The summed E-state index contributed by atoms with van der Waals surface area (Å²) in [4.78, 5) is 24.8. The average Bonchev–Trinajstić information content (AvgIpc) is 2.76. The number of carbonyl (C=O) groups is 2. The molecule has 0 radical (unpaired) electrons. The summed E-state index contributed by atoms with van der Waals surface area (Å²) in [5, 5.41) is 8.27. The fraction of sp³-hybridized carbons (Fsp3) is 0.391. The van der Waals surface area contributed by atoms with Crippen molar-refractivity contribution in [1.82, 2.24) is 10.6 Å². The SMILES string of the molecule is CCNC(=O)c1cc(NC(=O)NCc2cc(OCC)c(N)cc2OCC)ccc1OCC. The minimum Gasteiger partial charge on any atom is -0.493 e. The molecular formula is C23H32N4O5. The second-order valence-electron chi connectivity index (χ2n) is 6.67. The Kier molecular flexibility index (Phi) is 9.46. The number of urea groups is 1. The Morgan fingerprint density at radius 3 is 2.16 bits per heavy atom. The molecule has 0 aliphatic heterocycles. The summed E-state index contributed by atoms with van der Waals surface area (Å²) < 4.78 is 16.7. The maximum atomic E-state index is 12.5. The third kappa shape index (κ3) is 6.69. The summed E-state index contributed by atoms with van der Waals surface area (Å²) in [7, 11) is 0. The van der Waals surface area contributed by atoms with Gasteiger partial charge in [-0.3, -0.25) is 4.79 Å². The number of carbonyl (C=O) groups excluding carboxylic acids is 2. The van der Waals surface area contributed by atoms with Crippen molar-refractivity contribution in [3.63, 3.8) is 0 Å². The Hall–Kier alpha value is -3.62. The van der Waals surface area contributed by atoms with Crippen LogP contribution in [0.15, 0.2) is 30.3 Å². The van der Waals surface area contributed by atoms with E-state index in [0.29, 0.717) is 60.6 Å². The van der Waals surface area contributed by atoms with Gasteiger partial charge in [0, 0.05) is 30.4 Å². The molecule has 9 heteroatoms. The number of amides is 3. The molecule has 5 N–H and O–H groups in total. The zero-order valence-corrected chi connectivity index (χ0v) is 19.0. The normalized spacial score (nSPS) is 10.2. The molecule has 0 aliphatic carbocycles. The van der Waals surface area contributed by atoms with Crippen LogP contribution in [0.4, 0.5) is 16.2 Å². The number of benzene rings is 2. The van der Waals surface area contributed by atoms with Crippen LogP contribution in [0.2, 0.25) is 0 Å². The van der Waals surface area contributed by atoms with Gasteiger partial charge < -0.3 is 35.9 Å². The predicted molar refractivity (Wildman–Crippen MR) is 125 cm³/mol. The molecule has 0 fully saturated rings. The van der Waals surface area contributed by atoms with Crippen LogP contribution in [0, 0.1) is 0 Å². The fourth-order valence-corrected chi connectivity index (χ4v) is 3.00. The van der Waals surface area contributed by atoms with Crippen molar-refractivity contribution in [2.24, 2.45) is 0 Å². The molecule has 2 aromatic rings. The van der Waals surface area contributed by atoms with Gasteiger partial charge in [0.05, 0.1) is 31.1 Å². The van der Waals surface area contributed by atoms with Gasteiger partial charge in [-0.15, -0.1) is 0 Å². The predicted octanol–water partition coefficient (Wildman–Crippen LogP) is 3.54. The summed E-state index contributed by atoms with van der Waals surface area (Å²) in [5.74, 6) is 1.29. The number of anilines is 2. The van der Waals surface area contributed by atoms with Crippen molar-refractivity contribution in [1.29, 1.82) is 0 Å². The molecule has 2 rings (SSSR count). The molecule has 0 heterocycles. The van der Waals surface area contributed by atoms with E-state index in [1.54, 1.807) is 30.3 Å². The van der Waals surface area contributed by atoms with Crippen molar-refractivity contribution >= 4 is 23.3 Å². The summed E-state index contributed by atoms with van der Waals surface area (Å²) in [6, 6.07) is 7.93. The lowest BCUT2D eigenvalue weighted by molar-refractivity contribution is 0.0952. The van der Waals surface area contributed by atoms with Crippen LogP contribution in [-0.2, 0) is 6.54 Å². The molecule has 0 saturated carbocycles. The maximum Gasteiger partial charge on any atom is 0.319 e. The number of nitrogens with two attached hydrogens (primary N) is 1. The van der Waals surface area contributed by atoms with E-state index in [9.17, 15) is 9.59 Å². The summed E-state index contributed by atoms with van der Waals surface area (Å²) in [6.45, 7) is 9.44. The second kappa shape index (κ2) is 12.3. The van der Waals surface area contributed by atoms with Gasteiger partial charge in [-0.2, -0.15) is 0 Å². The number of ether oxygens (including phenoxy) is 3. The second-order valence-corrected chi connectivity index (χ2v) is 6.67. The van der Waals surface area contributed by atoms with E-state index in [-0.39, 0.29) is 12.5 Å². The summed E-state index contributed by atoms with van der Waals surface area (Å²) in [6.07, 6.45) is 0. The van der Waals surface area contributed by atoms with Crippen molar-refractivity contribution in [3.8, 4) is 17.2 Å². The van der Waals surface area contributed by atoms with Gasteiger partial charge in [0.15, 0.2) is 0 Å². The van der Waals surface area contributed by atoms with Crippen molar-refractivity contribution < 1.29 is 23.8 Å². The van der Waals surface area contributed by atoms with E-state index in [4.69, 9.17) is 19.9 Å². The Bertz CT molecular complexity index is 933. The molecule has 0 aliphatic rings. The van der Waals surface area contributed by atoms with Crippen LogP contribution < -0.4 is 35.9 Å². The smallest absolute Gasteiger partial charge is 0.319 e. The molecule has 2 aromatic carbocycles. The minimum absolute atomic E-state index is 0.196. The number of hydrogen-bond donors (Lipinski definition) is 4. The monoisotopic (exact) mass is 444 g/mol. The minimum atomic E-state index is -0.437. The van der Waals surface area contributed by atoms with Gasteiger partial charge in [-0.25, -0.2) is 4.79 Å². The molecule has 0 bridgehead atoms. The molecular weight excluding hydrogens is 412 g/mol. The lowest BCUT2D eigenvalue weighted by atomic mass is 10.1. The highest BCUT2D eigenvalue weighted by atomic mass is 16.5. The Balaban J connectivity index is 2.13. The lowest BCUT2D eigenvalue weighted by Gasteiger charge is -2.16. The number of nitrogen functional groups attached to an aromatic ring is 1. The average molecular weight is 445 g/mol. The van der Waals surface area contributed by atoms with Crippen molar-refractivity contribution in [2.75, 3.05) is 37.4 Å². The van der Waals surface area contributed by atoms with Gasteiger partial charge in [0.2, 0.25) is 0 Å². The first-order chi connectivity index (χ1) is 15.4. The zero-order valence-electron chi connectivity index (χ0n) is 19.0. The molecule has 9 nitrogen and oxygen atoms in total. The third-order valence-corrected chi connectivity index (χ3v) is 4.35. The molecule has 0 aromatic heterocycles. The van der Waals surface area contributed by atoms with E-state index in [2.05, 4.69) is 16.0 Å². The van der Waals surface area contributed by atoms with Crippen LogP contribution in [0.3, 0.4) is 0 Å². The third-order valence-electron chi connectivity index (χ3n) is 4.35. The largest absolute Gasteiger partial charge is 0.493 e. The molecule has 0 saturated heterocycles. The van der Waals surface area contributed by atoms with Crippen molar-refractivity contribution in [3.05, 3.63) is 41.5 Å². The number of hydrogen-bond acceptors (Lipinski definition) is 6. The number of rotatable bonds is 11. The lowest BCUT2D eigenvalue weighted by Crippen LogP contribution is -2.29. The van der Waals surface area contributed by atoms with Gasteiger partial charge in [0.25, 0.3) is 5.91 Å². The first-order valence-corrected chi connectivity index (χ1v) is 10.7. The molecule has 0 spiro atoms. The van der Waals surface area contributed by atoms with Crippen LogP contribution in [0.1, 0.15) is 43.6 Å². The Morgan fingerprint density at radius 2 is 1.50 bits per heavy atom. The Labute approximate surface area is 188 Å². The van der Waals surface area contributed by atoms with Gasteiger partial charge in [0.1, 0.15) is 17.2 Å². The maximum absolute atomic E-state index is 12.5. The highest BCUT2D eigenvalue weighted by Crippen LogP contribution is 2.31. The molecule has 0 atom stereocenters. The fourth-order valence-electron chi connectivity index (χ4n) is 3.00. The standard InChI is InChI=1S/C23H32N4O5/c1-5-25-22(28)17-12-16(9-10-19(17)30-6-2)27-23(29)26-14-15-11-21(32-8-4)18(24)13-20(15)31-7-3/h9-13H,5-8,14,24H2,1-4H3,(H,25,28)(H2,26,27,29). The van der Waals surface area contributed by atoms with E-state index >= 15 is 0 Å². The highest BCUT2D eigenvalue weighted by Gasteiger charge is 2.15. The summed E-state index contributed by atoms with van der Waals surface area (Å²) >= 11 is 0. The number of nitrogens with one attached hydrogen (secondary N) is 3. The molecule has 32 heavy (non-hydrogen) atoms. The van der Waals surface area contributed by atoms with E-state index < -0.39 is 6.03 Å². The van der Waals surface area contributed by atoms with Crippen LogP contribution in [0.5, 0.6) is 17.2 Å². The Morgan fingerprint density at radius 1 is 0.844 bits per heavy atom. The van der Waals surface area contributed by atoms with Crippen molar-refractivity contribution in [2.45, 2.75) is 34.2 Å². The molecule has 174 valence electrons. The van der Waals surface area contributed by atoms with Gasteiger partial charge in [-0.1, -0.05) is 0 Å². The highest BCUT2D eigenvalue weighted by molar-refractivity contribution is 5.99. The van der Waals surface area contributed by atoms with E-state index in [1.807, 2.05) is 27.7 Å². The topological polar surface area (TPSA) is 124 Å². The first-order valence-electron chi connectivity index (χ1n) is 10.7. The molecule has 3 amide bonds. The van der Waals surface area contributed by atoms with Gasteiger partial charge in [-0.05, 0) is 52.0 Å². The van der Waals surface area contributed by atoms with Crippen LogP contribution >= 0.6 is 0 Å². The van der Waals surface area contributed by atoms with E-state index in [0.717, 1.165) is 5.56 Å². The first kappa shape index (κ1) is 24.6. The molecule has 0 unspecified atom stereocenters. The van der Waals surface area contributed by atoms with Crippen LogP contribution in [0.25, 0.3) is 0 Å². The zero-order chi connectivity index (χ0) is 23.5. The summed E-state index contributed by atoms with van der Waals surface area (Å²) in [5.41, 5.74) is 8.02. The quantitative estimate of drug-likeness (QED) is 0.393. The van der Waals surface area contributed by atoms with Gasteiger partial charge >= 0.3 is 6.03 Å².